The minimum Gasteiger partial charge on any atom is -0.339 e. The lowest BCUT2D eigenvalue weighted by atomic mass is 10.2. The van der Waals surface area contributed by atoms with E-state index in [1.807, 2.05) is 6.92 Å². The number of benzene rings is 1. The van der Waals surface area contributed by atoms with Gasteiger partial charge in [-0.2, -0.15) is 4.31 Å². The zero-order chi connectivity index (χ0) is 18.0. The first-order valence-electron chi connectivity index (χ1n) is 8.08. The number of piperazine rings is 1. The molecule has 0 N–H and O–H groups in total. The SMILES string of the molecule is Cc1ccc(S(=O)(=O)N2CCN(C(=O)CSC(C)(C)C)CC2)cc1. The molecule has 1 aromatic carbocycles. The minimum atomic E-state index is -3.47. The Morgan fingerprint density at radius 2 is 1.62 bits per heavy atom. The normalized spacial score (nSPS) is 17.1. The van der Waals surface area contributed by atoms with Gasteiger partial charge in [0.25, 0.3) is 0 Å². The molecule has 0 radical (unpaired) electrons. The highest BCUT2D eigenvalue weighted by molar-refractivity contribution is 8.01. The van der Waals surface area contributed by atoms with Crippen LogP contribution in [-0.4, -0.2) is 60.2 Å². The molecule has 24 heavy (non-hydrogen) atoms. The summed E-state index contributed by atoms with van der Waals surface area (Å²) in [7, 11) is -3.47. The average molecular weight is 371 g/mol. The standard InChI is InChI=1S/C17H26N2O3S2/c1-14-5-7-15(8-6-14)24(21,22)19-11-9-18(10-12-19)16(20)13-23-17(2,3)4/h5-8H,9-13H2,1-4H3. The summed E-state index contributed by atoms with van der Waals surface area (Å²) in [5, 5.41) is 0. The molecule has 0 unspecified atom stereocenters. The van der Waals surface area contributed by atoms with Crippen LogP contribution in [0.4, 0.5) is 0 Å². The van der Waals surface area contributed by atoms with Gasteiger partial charge in [-0.25, -0.2) is 8.42 Å². The molecule has 134 valence electrons. The fourth-order valence-corrected chi connectivity index (χ4v) is 4.57. The second-order valence-electron chi connectivity index (χ2n) is 7.00. The molecule has 7 heteroatoms. The van der Waals surface area contributed by atoms with Gasteiger partial charge < -0.3 is 4.90 Å². The van der Waals surface area contributed by atoms with Gasteiger partial charge in [-0.3, -0.25) is 4.79 Å². The second kappa shape index (κ2) is 7.45. The first kappa shape index (κ1) is 19.3. The molecule has 1 aromatic rings. The Morgan fingerprint density at radius 1 is 1.08 bits per heavy atom. The van der Waals surface area contributed by atoms with E-state index in [1.54, 1.807) is 40.9 Å². The summed E-state index contributed by atoms with van der Waals surface area (Å²) in [5.74, 6) is 0.524. The van der Waals surface area contributed by atoms with E-state index in [2.05, 4.69) is 20.8 Å². The highest BCUT2D eigenvalue weighted by Gasteiger charge is 2.30. The van der Waals surface area contributed by atoms with Gasteiger partial charge in [-0.05, 0) is 19.1 Å². The van der Waals surface area contributed by atoms with Crippen LogP contribution in [0.3, 0.4) is 0 Å². The average Bonchev–Trinajstić information content (AvgIpc) is 2.52. The summed E-state index contributed by atoms with van der Waals surface area (Å²) >= 11 is 1.62. The second-order valence-corrected chi connectivity index (χ2v) is 10.7. The maximum absolute atomic E-state index is 12.7. The van der Waals surface area contributed by atoms with Crippen molar-refractivity contribution in [3.05, 3.63) is 29.8 Å². The summed E-state index contributed by atoms with van der Waals surface area (Å²) in [5.41, 5.74) is 1.03. The van der Waals surface area contributed by atoms with Gasteiger partial charge in [0.2, 0.25) is 15.9 Å². The molecule has 1 aliphatic heterocycles. The molecule has 0 atom stereocenters. The van der Waals surface area contributed by atoms with E-state index >= 15 is 0 Å². The fourth-order valence-electron chi connectivity index (χ4n) is 2.41. The lowest BCUT2D eigenvalue weighted by molar-refractivity contribution is -0.129. The highest BCUT2D eigenvalue weighted by atomic mass is 32.2. The number of carbonyl (C=O) groups excluding carboxylic acids is 1. The van der Waals surface area contributed by atoms with Crippen LogP contribution in [-0.2, 0) is 14.8 Å². The summed E-state index contributed by atoms with van der Waals surface area (Å²) < 4.78 is 26.8. The molecule has 0 aromatic heterocycles. The third kappa shape index (κ3) is 4.97. The molecule has 1 heterocycles. The Kier molecular flexibility index (Phi) is 5.99. The molecule has 0 aliphatic carbocycles. The van der Waals surface area contributed by atoms with E-state index in [1.165, 1.54) is 4.31 Å². The zero-order valence-electron chi connectivity index (χ0n) is 14.8. The molecule has 0 saturated carbocycles. The smallest absolute Gasteiger partial charge is 0.243 e. The molecular weight excluding hydrogens is 344 g/mol. The van der Waals surface area contributed by atoms with Crippen LogP contribution in [0.25, 0.3) is 0 Å². The van der Waals surface area contributed by atoms with Gasteiger partial charge in [-0.15, -0.1) is 11.8 Å². The summed E-state index contributed by atoms with van der Waals surface area (Å²) in [6, 6.07) is 6.89. The van der Waals surface area contributed by atoms with Gasteiger partial charge in [0.1, 0.15) is 0 Å². The van der Waals surface area contributed by atoms with Crippen LogP contribution in [0.2, 0.25) is 0 Å². The molecule has 1 aliphatic rings. The Morgan fingerprint density at radius 3 is 2.12 bits per heavy atom. The van der Waals surface area contributed by atoms with Crippen LogP contribution < -0.4 is 0 Å². The number of thioether (sulfide) groups is 1. The molecule has 0 spiro atoms. The van der Waals surface area contributed by atoms with Crippen LogP contribution in [0.15, 0.2) is 29.2 Å². The quantitative estimate of drug-likeness (QED) is 0.816. The third-order valence-electron chi connectivity index (χ3n) is 3.88. The molecule has 1 amide bonds. The van der Waals surface area contributed by atoms with E-state index in [9.17, 15) is 13.2 Å². The predicted molar refractivity (Wildman–Crippen MR) is 98.7 cm³/mol. The highest BCUT2D eigenvalue weighted by Crippen LogP contribution is 2.24. The van der Waals surface area contributed by atoms with E-state index in [4.69, 9.17) is 0 Å². The summed E-state index contributed by atoms with van der Waals surface area (Å²) in [4.78, 5) is 14.3. The summed E-state index contributed by atoms with van der Waals surface area (Å²) in [6.07, 6.45) is 0. The number of aryl methyl sites for hydroxylation is 1. The number of carbonyl (C=O) groups is 1. The van der Waals surface area contributed by atoms with E-state index < -0.39 is 10.0 Å². The van der Waals surface area contributed by atoms with Crippen LogP contribution in [0.1, 0.15) is 26.3 Å². The zero-order valence-corrected chi connectivity index (χ0v) is 16.4. The van der Waals surface area contributed by atoms with Crippen molar-refractivity contribution < 1.29 is 13.2 Å². The Balaban J connectivity index is 1.94. The Hall–Kier alpha value is -1.05. The van der Waals surface area contributed by atoms with Gasteiger partial charge in [0.05, 0.1) is 10.6 Å². The number of amides is 1. The van der Waals surface area contributed by atoms with Crippen LogP contribution in [0.5, 0.6) is 0 Å². The molecule has 5 nitrogen and oxygen atoms in total. The first-order valence-corrected chi connectivity index (χ1v) is 10.5. The summed E-state index contributed by atoms with van der Waals surface area (Å²) in [6.45, 7) is 9.77. The molecule has 1 saturated heterocycles. The van der Waals surface area contributed by atoms with E-state index in [0.29, 0.717) is 36.8 Å². The third-order valence-corrected chi connectivity index (χ3v) is 7.05. The van der Waals surface area contributed by atoms with Crippen molar-refractivity contribution in [3.63, 3.8) is 0 Å². The lowest BCUT2D eigenvalue weighted by Gasteiger charge is -2.34. The van der Waals surface area contributed by atoms with Crippen molar-refractivity contribution in [1.29, 1.82) is 0 Å². The topological polar surface area (TPSA) is 57.7 Å². The Labute approximate surface area is 149 Å². The number of rotatable bonds is 4. The van der Waals surface area contributed by atoms with Crippen molar-refractivity contribution in [3.8, 4) is 0 Å². The van der Waals surface area contributed by atoms with E-state index in [0.717, 1.165) is 5.56 Å². The van der Waals surface area contributed by atoms with Gasteiger partial charge in [-0.1, -0.05) is 38.5 Å². The van der Waals surface area contributed by atoms with Crippen molar-refractivity contribution in [2.24, 2.45) is 0 Å². The number of hydrogen-bond acceptors (Lipinski definition) is 4. The fraction of sp³-hybridized carbons (Fsp3) is 0.588. The molecule has 0 bridgehead atoms. The van der Waals surface area contributed by atoms with Gasteiger partial charge >= 0.3 is 0 Å². The Bertz CT molecular complexity index is 671. The van der Waals surface area contributed by atoms with Gasteiger partial charge in [0.15, 0.2) is 0 Å². The van der Waals surface area contributed by atoms with Crippen molar-refractivity contribution >= 4 is 27.7 Å². The molecule has 2 rings (SSSR count). The van der Waals surface area contributed by atoms with Crippen molar-refractivity contribution in [1.82, 2.24) is 9.21 Å². The molecular formula is C17H26N2O3S2. The maximum atomic E-state index is 12.7. The number of nitrogens with zero attached hydrogens (tertiary/aromatic N) is 2. The lowest BCUT2D eigenvalue weighted by Crippen LogP contribution is -2.51. The monoisotopic (exact) mass is 370 g/mol. The van der Waals surface area contributed by atoms with Crippen LogP contribution in [0, 0.1) is 6.92 Å². The number of sulfonamides is 1. The van der Waals surface area contributed by atoms with Crippen molar-refractivity contribution in [2.75, 3.05) is 31.9 Å². The number of hydrogen-bond donors (Lipinski definition) is 0. The predicted octanol–water partition coefficient (Wildman–Crippen LogP) is 2.36. The maximum Gasteiger partial charge on any atom is 0.243 e. The largest absolute Gasteiger partial charge is 0.339 e. The van der Waals surface area contributed by atoms with Gasteiger partial charge in [0, 0.05) is 30.9 Å². The first-order chi connectivity index (χ1) is 11.1. The molecule has 1 fully saturated rings. The minimum absolute atomic E-state index is 0.0479. The van der Waals surface area contributed by atoms with E-state index in [-0.39, 0.29) is 10.7 Å². The van der Waals surface area contributed by atoms with Crippen LogP contribution >= 0.6 is 11.8 Å². The van der Waals surface area contributed by atoms with Crippen molar-refractivity contribution in [2.45, 2.75) is 37.3 Å².